The summed E-state index contributed by atoms with van der Waals surface area (Å²) >= 11 is 0. The molecule has 47 valence electrons. The summed E-state index contributed by atoms with van der Waals surface area (Å²) in [6, 6.07) is 0. The highest BCUT2D eigenvalue weighted by atomic mass is 14.9. The van der Waals surface area contributed by atoms with E-state index in [4.69, 9.17) is 5.73 Å². The zero-order valence-corrected chi connectivity index (χ0v) is 5.47. The van der Waals surface area contributed by atoms with Gasteiger partial charge in [0.2, 0.25) is 0 Å². The minimum Gasteiger partial charge on any atom is -0.383 e. The van der Waals surface area contributed by atoms with Crippen LogP contribution in [0, 0.1) is 20.2 Å². The van der Waals surface area contributed by atoms with Crippen LogP contribution in [-0.2, 0) is 0 Å². The van der Waals surface area contributed by atoms with E-state index in [0.717, 1.165) is 11.3 Å². The molecule has 0 saturated carbocycles. The molecule has 0 aliphatic carbocycles. The average Bonchev–Trinajstić information content (AvgIpc) is 1.83. The quantitative estimate of drug-likeness (QED) is 0.544. The molecule has 9 heavy (non-hydrogen) atoms. The second-order valence-electron chi connectivity index (χ2n) is 1.92. The molecule has 0 aromatic carbocycles. The van der Waals surface area contributed by atoms with Crippen molar-refractivity contribution in [1.29, 1.82) is 0 Å². The van der Waals surface area contributed by atoms with Gasteiger partial charge < -0.3 is 5.73 Å². The molecule has 0 atom stereocenters. The third-order valence-electron chi connectivity index (χ3n) is 1.32. The number of nitrogens with zero attached hydrogens (tertiary/aromatic N) is 2. The van der Waals surface area contributed by atoms with Crippen LogP contribution < -0.4 is 5.73 Å². The van der Waals surface area contributed by atoms with Gasteiger partial charge in [0.05, 0.1) is 0 Å². The van der Waals surface area contributed by atoms with Gasteiger partial charge in [-0.1, -0.05) is 0 Å². The topological polar surface area (TPSA) is 51.8 Å². The van der Waals surface area contributed by atoms with E-state index in [9.17, 15) is 0 Å². The molecule has 1 heterocycles. The third-order valence-corrected chi connectivity index (χ3v) is 1.32. The molecule has 2 N–H and O–H groups in total. The number of hydrogen-bond donors (Lipinski definition) is 1. The lowest BCUT2D eigenvalue weighted by atomic mass is 10.2. The molecule has 0 unspecified atom stereocenters. The SMILES string of the molecule is Cc1n[c]nc(N)c1C. The summed E-state index contributed by atoms with van der Waals surface area (Å²) in [6.45, 7) is 3.77. The fourth-order valence-corrected chi connectivity index (χ4v) is 0.507. The summed E-state index contributed by atoms with van der Waals surface area (Å²) in [6.07, 6.45) is 2.44. The first kappa shape index (κ1) is 6.01. The zero-order chi connectivity index (χ0) is 6.85. The molecular weight excluding hydrogens is 114 g/mol. The van der Waals surface area contributed by atoms with Crippen LogP contribution in [0.25, 0.3) is 0 Å². The van der Waals surface area contributed by atoms with Crippen molar-refractivity contribution in [1.82, 2.24) is 9.97 Å². The Kier molecular flexibility index (Phi) is 1.34. The first-order valence-corrected chi connectivity index (χ1v) is 2.68. The van der Waals surface area contributed by atoms with Crippen LogP contribution in [0.3, 0.4) is 0 Å². The van der Waals surface area contributed by atoms with Gasteiger partial charge in [-0.15, -0.1) is 0 Å². The molecule has 3 nitrogen and oxygen atoms in total. The molecule has 0 spiro atoms. The zero-order valence-electron chi connectivity index (χ0n) is 5.47. The van der Waals surface area contributed by atoms with Crippen LogP contribution in [0.15, 0.2) is 0 Å². The summed E-state index contributed by atoms with van der Waals surface area (Å²) in [7, 11) is 0. The molecule has 0 amide bonds. The van der Waals surface area contributed by atoms with Gasteiger partial charge in [0, 0.05) is 11.3 Å². The van der Waals surface area contributed by atoms with Gasteiger partial charge in [-0.05, 0) is 13.8 Å². The second kappa shape index (κ2) is 2.01. The lowest BCUT2D eigenvalue weighted by molar-refractivity contribution is 1.06. The van der Waals surface area contributed by atoms with E-state index in [2.05, 4.69) is 16.3 Å². The van der Waals surface area contributed by atoms with Crippen molar-refractivity contribution >= 4 is 5.82 Å². The van der Waals surface area contributed by atoms with Gasteiger partial charge in [-0.25, -0.2) is 9.97 Å². The molecule has 1 radical (unpaired) electrons. The van der Waals surface area contributed by atoms with E-state index in [-0.39, 0.29) is 0 Å². The molecule has 1 aromatic heterocycles. The van der Waals surface area contributed by atoms with E-state index in [1.54, 1.807) is 0 Å². The Labute approximate surface area is 53.9 Å². The van der Waals surface area contributed by atoms with Crippen molar-refractivity contribution < 1.29 is 0 Å². The van der Waals surface area contributed by atoms with E-state index >= 15 is 0 Å². The number of aromatic nitrogens is 2. The van der Waals surface area contributed by atoms with Crippen LogP contribution in [0.5, 0.6) is 0 Å². The highest BCUT2D eigenvalue weighted by molar-refractivity contribution is 5.38. The Balaban J connectivity index is 3.25. The normalized spacial score (nSPS) is 9.56. The Morgan fingerprint density at radius 2 is 2.00 bits per heavy atom. The van der Waals surface area contributed by atoms with Crippen LogP contribution in [-0.4, -0.2) is 9.97 Å². The van der Waals surface area contributed by atoms with Crippen molar-refractivity contribution in [3.8, 4) is 0 Å². The smallest absolute Gasteiger partial charge is 0.200 e. The van der Waals surface area contributed by atoms with E-state index in [1.165, 1.54) is 0 Å². The number of nitrogen functional groups attached to an aromatic ring is 1. The summed E-state index contributed by atoms with van der Waals surface area (Å²) < 4.78 is 0. The van der Waals surface area contributed by atoms with Gasteiger partial charge >= 0.3 is 0 Å². The molecule has 0 aliphatic rings. The van der Waals surface area contributed by atoms with E-state index in [1.807, 2.05) is 13.8 Å². The minimum atomic E-state index is 0.516. The maximum Gasteiger partial charge on any atom is 0.200 e. The van der Waals surface area contributed by atoms with Gasteiger partial charge in [-0.2, -0.15) is 0 Å². The van der Waals surface area contributed by atoms with Gasteiger partial charge in [0.25, 0.3) is 0 Å². The van der Waals surface area contributed by atoms with Crippen molar-refractivity contribution in [3.05, 3.63) is 17.6 Å². The lowest BCUT2D eigenvalue weighted by Crippen LogP contribution is -1.97. The standard InChI is InChI=1S/C6H8N3/c1-4-5(2)8-3-9-6(4)7/h1-2H3,(H2,7,8,9). The molecule has 3 heteroatoms. The van der Waals surface area contributed by atoms with Crippen molar-refractivity contribution in [3.63, 3.8) is 0 Å². The first-order chi connectivity index (χ1) is 4.22. The molecular formula is C6H8N3. The summed E-state index contributed by atoms with van der Waals surface area (Å²) in [4.78, 5) is 7.50. The van der Waals surface area contributed by atoms with Crippen LogP contribution >= 0.6 is 0 Å². The Bertz CT molecular complexity index is 199. The molecule has 0 aliphatic heterocycles. The molecule has 0 saturated heterocycles. The van der Waals surface area contributed by atoms with Crippen molar-refractivity contribution in [2.45, 2.75) is 13.8 Å². The highest BCUT2D eigenvalue weighted by Gasteiger charge is 1.96. The first-order valence-electron chi connectivity index (χ1n) is 2.68. The number of hydrogen-bond acceptors (Lipinski definition) is 3. The van der Waals surface area contributed by atoms with Crippen LogP contribution in [0.1, 0.15) is 11.3 Å². The monoisotopic (exact) mass is 122 g/mol. The predicted octanol–water partition coefficient (Wildman–Crippen LogP) is 0.476. The number of rotatable bonds is 0. The van der Waals surface area contributed by atoms with Gasteiger partial charge in [0.15, 0.2) is 6.33 Å². The van der Waals surface area contributed by atoms with Crippen LogP contribution in [0.4, 0.5) is 5.82 Å². The predicted molar refractivity (Wildman–Crippen MR) is 34.8 cm³/mol. The summed E-state index contributed by atoms with van der Waals surface area (Å²) in [5.41, 5.74) is 7.27. The highest BCUT2D eigenvalue weighted by Crippen LogP contribution is 2.06. The van der Waals surface area contributed by atoms with E-state index < -0.39 is 0 Å². The fourth-order valence-electron chi connectivity index (χ4n) is 0.507. The average molecular weight is 122 g/mol. The second-order valence-corrected chi connectivity index (χ2v) is 1.92. The molecule has 0 fully saturated rings. The minimum absolute atomic E-state index is 0.516. The Morgan fingerprint density at radius 3 is 2.44 bits per heavy atom. The summed E-state index contributed by atoms with van der Waals surface area (Å²) in [5.74, 6) is 0.516. The maximum absolute atomic E-state index is 5.44. The largest absolute Gasteiger partial charge is 0.383 e. The third kappa shape index (κ3) is 0.988. The van der Waals surface area contributed by atoms with Crippen molar-refractivity contribution in [2.75, 3.05) is 5.73 Å². The molecule has 1 aromatic rings. The number of anilines is 1. The number of aryl methyl sites for hydroxylation is 1. The number of nitrogens with two attached hydrogens (primary N) is 1. The lowest BCUT2D eigenvalue weighted by Gasteiger charge is -1.97. The maximum atomic E-state index is 5.44. The van der Waals surface area contributed by atoms with Crippen LogP contribution in [0.2, 0.25) is 0 Å². The summed E-state index contributed by atoms with van der Waals surface area (Å²) in [5, 5.41) is 0. The fraction of sp³-hybridized carbons (Fsp3) is 0.333. The Hall–Kier alpha value is -1.12. The van der Waals surface area contributed by atoms with E-state index in [0.29, 0.717) is 5.82 Å². The molecule has 0 bridgehead atoms. The molecule has 1 rings (SSSR count). The van der Waals surface area contributed by atoms with Crippen molar-refractivity contribution in [2.24, 2.45) is 0 Å². The van der Waals surface area contributed by atoms with Gasteiger partial charge in [-0.3, -0.25) is 0 Å². The Morgan fingerprint density at radius 1 is 1.33 bits per heavy atom. The van der Waals surface area contributed by atoms with Gasteiger partial charge in [0.1, 0.15) is 5.82 Å².